The lowest BCUT2D eigenvalue weighted by Crippen LogP contribution is -2.39. The Hall–Kier alpha value is -0.970. The summed E-state index contributed by atoms with van der Waals surface area (Å²) < 4.78 is 13.6. The van der Waals surface area contributed by atoms with E-state index in [1.807, 2.05) is 19.1 Å². The standard InChI is InChI=1S/C13H14ClFN2S/c1-2-13(16,7-10-4-6-12(14)18-10)11-5-3-9(15)8-17-11/h3-6,8H,2,7,16H2,1H3. The van der Waals surface area contributed by atoms with Gasteiger partial charge in [-0.1, -0.05) is 18.5 Å². The van der Waals surface area contributed by atoms with Gasteiger partial charge in [-0.05, 0) is 30.7 Å². The Bertz CT molecular complexity index is 526. The summed E-state index contributed by atoms with van der Waals surface area (Å²) in [5.41, 5.74) is 6.51. The quantitative estimate of drug-likeness (QED) is 0.929. The van der Waals surface area contributed by atoms with Crippen LogP contribution in [0.5, 0.6) is 0 Å². The summed E-state index contributed by atoms with van der Waals surface area (Å²) in [6, 6.07) is 6.86. The fourth-order valence-corrected chi connectivity index (χ4v) is 3.04. The summed E-state index contributed by atoms with van der Waals surface area (Å²) in [6.07, 6.45) is 2.58. The molecule has 2 aromatic rings. The molecule has 0 saturated carbocycles. The molecule has 0 aliphatic rings. The molecule has 0 aliphatic heterocycles. The van der Waals surface area contributed by atoms with Crippen molar-refractivity contribution in [1.29, 1.82) is 0 Å². The molecule has 0 bridgehead atoms. The first kappa shape index (κ1) is 13.5. The minimum Gasteiger partial charge on any atom is -0.320 e. The monoisotopic (exact) mass is 284 g/mol. The van der Waals surface area contributed by atoms with Gasteiger partial charge in [0.15, 0.2) is 0 Å². The summed E-state index contributed by atoms with van der Waals surface area (Å²) in [6.45, 7) is 2.00. The molecular formula is C13H14ClFN2S. The van der Waals surface area contributed by atoms with Gasteiger partial charge in [0.1, 0.15) is 5.82 Å². The van der Waals surface area contributed by atoms with E-state index in [9.17, 15) is 4.39 Å². The number of pyridine rings is 1. The predicted octanol–water partition coefficient (Wildman–Crippen LogP) is 3.74. The lowest BCUT2D eigenvalue weighted by molar-refractivity contribution is 0.413. The van der Waals surface area contributed by atoms with Gasteiger partial charge in [0.25, 0.3) is 0 Å². The Morgan fingerprint density at radius 2 is 2.17 bits per heavy atom. The van der Waals surface area contributed by atoms with E-state index in [-0.39, 0.29) is 5.82 Å². The van der Waals surface area contributed by atoms with E-state index in [0.717, 1.165) is 15.6 Å². The largest absolute Gasteiger partial charge is 0.320 e. The highest BCUT2D eigenvalue weighted by Gasteiger charge is 2.27. The van der Waals surface area contributed by atoms with Crippen molar-refractivity contribution in [2.45, 2.75) is 25.3 Å². The van der Waals surface area contributed by atoms with Crippen molar-refractivity contribution < 1.29 is 4.39 Å². The average Bonchev–Trinajstić information content (AvgIpc) is 2.75. The summed E-state index contributed by atoms with van der Waals surface area (Å²) >= 11 is 7.42. The molecule has 96 valence electrons. The third-order valence-electron chi connectivity index (χ3n) is 2.99. The number of hydrogen-bond acceptors (Lipinski definition) is 3. The first-order valence-electron chi connectivity index (χ1n) is 5.68. The third kappa shape index (κ3) is 2.88. The van der Waals surface area contributed by atoms with Gasteiger partial charge in [-0.3, -0.25) is 4.98 Å². The molecule has 1 atom stereocenters. The Morgan fingerprint density at radius 3 is 2.67 bits per heavy atom. The highest BCUT2D eigenvalue weighted by molar-refractivity contribution is 7.16. The number of rotatable bonds is 4. The smallest absolute Gasteiger partial charge is 0.141 e. The summed E-state index contributed by atoms with van der Waals surface area (Å²) in [5.74, 6) is -0.351. The highest BCUT2D eigenvalue weighted by atomic mass is 35.5. The third-order valence-corrected chi connectivity index (χ3v) is 4.22. The Morgan fingerprint density at radius 1 is 1.39 bits per heavy atom. The van der Waals surface area contributed by atoms with Crippen molar-refractivity contribution in [3.8, 4) is 0 Å². The van der Waals surface area contributed by atoms with Gasteiger partial charge in [0.2, 0.25) is 0 Å². The molecule has 0 aliphatic carbocycles. The molecule has 2 heterocycles. The minimum absolute atomic E-state index is 0.351. The van der Waals surface area contributed by atoms with Crippen molar-refractivity contribution in [3.05, 3.63) is 51.2 Å². The molecule has 0 spiro atoms. The number of halogens is 2. The van der Waals surface area contributed by atoms with Crippen LogP contribution in [0.1, 0.15) is 23.9 Å². The van der Waals surface area contributed by atoms with Gasteiger partial charge >= 0.3 is 0 Å². The average molecular weight is 285 g/mol. The molecule has 0 amide bonds. The van der Waals surface area contributed by atoms with Crippen LogP contribution in [0.4, 0.5) is 4.39 Å². The highest BCUT2D eigenvalue weighted by Crippen LogP contribution is 2.30. The molecule has 2 nitrogen and oxygen atoms in total. The Kier molecular flexibility index (Phi) is 4.00. The lowest BCUT2D eigenvalue weighted by atomic mass is 9.88. The van der Waals surface area contributed by atoms with E-state index in [1.165, 1.54) is 23.6 Å². The van der Waals surface area contributed by atoms with Crippen molar-refractivity contribution in [1.82, 2.24) is 4.98 Å². The maximum absolute atomic E-state index is 12.9. The van der Waals surface area contributed by atoms with Crippen LogP contribution in [-0.4, -0.2) is 4.98 Å². The molecule has 2 rings (SSSR count). The topological polar surface area (TPSA) is 38.9 Å². The van der Waals surface area contributed by atoms with E-state index in [2.05, 4.69) is 4.98 Å². The van der Waals surface area contributed by atoms with E-state index in [1.54, 1.807) is 6.07 Å². The van der Waals surface area contributed by atoms with Crippen molar-refractivity contribution in [3.63, 3.8) is 0 Å². The predicted molar refractivity (Wildman–Crippen MR) is 73.4 cm³/mol. The molecule has 0 fully saturated rings. The van der Waals surface area contributed by atoms with Crippen LogP contribution >= 0.6 is 22.9 Å². The van der Waals surface area contributed by atoms with Crippen LogP contribution in [0.15, 0.2) is 30.5 Å². The van der Waals surface area contributed by atoms with E-state index in [4.69, 9.17) is 17.3 Å². The van der Waals surface area contributed by atoms with Crippen LogP contribution in [0.25, 0.3) is 0 Å². The Balaban J connectivity index is 2.27. The van der Waals surface area contributed by atoms with E-state index < -0.39 is 5.54 Å². The van der Waals surface area contributed by atoms with Crippen LogP contribution in [-0.2, 0) is 12.0 Å². The maximum atomic E-state index is 12.9. The molecule has 0 saturated heterocycles. The van der Waals surface area contributed by atoms with Gasteiger partial charge in [-0.25, -0.2) is 4.39 Å². The van der Waals surface area contributed by atoms with Gasteiger partial charge in [0, 0.05) is 11.3 Å². The molecule has 2 aromatic heterocycles. The molecule has 0 radical (unpaired) electrons. The van der Waals surface area contributed by atoms with Crippen LogP contribution < -0.4 is 5.73 Å². The number of nitrogens with two attached hydrogens (primary N) is 1. The first-order chi connectivity index (χ1) is 8.53. The van der Waals surface area contributed by atoms with Crippen molar-refractivity contribution in [2.75, 3.05) is 0 Å². The first-order valence-corrected chi connectivity index (χ1v) is 6.88. The molecule has 5 heteroatoms. The summed E-state index contributed by atoms with van der Waals surface area (Å²) in [7, 11) is 0. The maximum Gasteiger partial charge on any atom is 0.141 e. The van der Waals surface area contributed by atoms with Gasteiger partial charge in [-0.2, -0.15) is 0 Å². The zero-order valence-electron chi connectivity index (χ0n) is 9.99. The fourth-order valence-electron chi connectivity index (χ4n) is 1.82. The second-order valence-corrected chi connectivity index (χ2v) is 6.05. The Labute approximate surface area is 115 Å². The molecule has 1 unspecified atom stereocenters. The fraction of sp³-hybridized carbons (Fsp3) is 0.308. The lowest BCUT2D eigenvalue weighted by Gasteiger charge is -2.27. The number of hydrogen-bond donors (Lipinski definition) is 1. The van der Waals surface area contributed by atoms with Crippen LogP contribution in [0, 0.1) is 5.82 Å². The van der Waals surface area contributed by atoms with E-state index >= 15 is 0 Å². The van der Waals surface area contributed by atoms with Gasteiger partial charge in [0.05, 0.1) is 21.8 Å². The van der Waals surface area contributed by atoms with Crippen molar-refractivity contribution >= 4 is 22.9 Å². The van der Waals surface area contributed by atoms with Gasteiger partial charge < -0.3 is 5.73 Å². The normalized spacial score (nSPS) is 14.4. The number of nitrogens with zero attached hydrogens (tertiary/aromatic N) is 1. The second-order valence-electron chi connectivity index (χ2n) is 4.25. The molecule has 18 heavy (non-hydrogen) atoms. The molecule has 2 N–H and O–H groups in total. The minimum atomic E-state index is -0.581. The summed E-state index contributed by atoms with van der Waals surface area (Å²) in [5, 5.41) is 0. The zero-order chi connectivity index (χ0) is 13.2. The molecule has 0 aromatic carbocycles. The van der Waals surface area contributed by atoms with Crippen molar-refractivity contribution in [2.24, 2.45) is 5.73 Å². The number of thiophene rings is 1. The summed E-state index contributed by atoms with van der Waals surface area (Å²) in [4.78, 5) is 5.20. The van der Waals surface area contributed by atoms with E-state index in [0.29, 0.717) is 12.1 Å². The molecular weight excluding hydrogens is 271 g/mol. The van der Waals surface area contributed by atoms with Crippen LogP contribution in [0.3, 0.4) is 0 Å². The number of aromatic nitrogens is 1. The second kappa shape index (κ2) is 5.34. The van der Waals surface area contributed by atoms with Crippen LogP contribution in [0.2, 0.25) is 4.34 Å². The van der Waals surface area contributed by atoms with Gasteiger partial charge in [-0.15, -0.1) is 11.3 Å². The SMILES string of the molecule is CCC(N)(Cc1ccc(Cl)s1)c1ccc(F)cn1. The zero-order valence-corrected chi connectivity index (χ0v) is 11.6.